The molecule has 0 bridgehead atoms. The smallest absolute Gasteiger partial charge is 0.187 e. The van der Waals surface area contributed by atoms with E-state index in [1.165, 1.54) is 0 Å². The third-order valence-corrected chi connectivity index (χ3v) is 8.85. The molecule has 4 fully saturated rings. The van der Waals surface area contributed by atoms with Crippen LogP contribution in [0.15, 0.2) is 0 Å². The van der Waals surface area contributed by atoms with Crippen molar-refractivity contribution < 1.29 is 104 Å². The van der Waals surface area contributed by atoms with E-state index in [0.29, 0.717) is 0 Å². The van der Waals surface area contributed by atoms with Crippen LogP contribution >= 0.6 is 0 Å². The van der Waals surface area contributed by atoms with E-state index in [1.54, 1.807) is 13.8 Å². The first-order chi connectivity index (χ1) is 23.3. The van der Waals surface area contributed by atoms with Gasteiger partial charge in [-0.2, -0.15) is 0 Å². The molecule has 12 N–H and O–H groups in total. The molecule has 0 aromatic rings. The highest BCUT2D eigenvalue weighted by Gasteiger charge is 2.54. The second kappa shape index (κ2) is 18.3. The number of hydrogen-bond donors (Lipinski definition) is 12. The molecule has 0 aliphatic carbocycles. The Morgan fingerprint density at radius 2 is 0.776 bits per heavy atom. The first-order valence-corrected chi connectivity index (χ1v) is 16.1. The van der Waals surface area contributed by atoms with E-state index in [0.717, 1.165) is 0 Å². The van der Waals surface area contributed by atoms with Crippen LogP contribution in [0.25, 0.3) is 0 Å². The summed E-state index contributed by atoms with van der Waals surface area (Å²) in [6.07, 6.45) is -32.1. The number of aliphatic hydroxyl groups excluding tert-OH is 12. The minimum atomic E-state index is -1.97. The lowest BCUT2D eigenvalue weighted by atomic mass is 9.96. The maximum Gasteiger partial charge on any atom is 0.187 e. The van der Waals surface area contributed by atoms with Crippen molar-refractivity contribution in [3.63, 3.8) is 0 Å². The van der Waals surface area contributed by atoms with Crippen LogP contribution in [0.1, 0.15) is 13.8 Å². The fourth-order valence-corrected chi connectivity index (χ4v) is 6.21. The van der Waals surface area contributed by atoms with Gasteiger partial charge in [-0.25, -0.2) is 0 Å². The molecule has 0 spiro atoms. The van der Waals surface area contributed by atoms with Crippen molar-refractivity contribution in [3.8, 4) is 0 Å². The zero-order valence-corrected chi connectivity index (χ0v) is 26.8. The second-order valence-corrected chi connectivity index (χ2v) is 12.0. The fourth-order valence-electron chi connectivity index (χ4n) is 6.21. The van der Waals surface area contributed by atoms with Gasteiger partial charge in [-0.15, -0.1) is 0 Å². The van der Waals surface area contributed by atoms with Crippen LogP contribution in [0.5, 0.6) is 0 Å². The van der Waals surface area contributed by atoms with Crippen molar-refractivity contribution in [1.82, 2.24) is 0 Å². The molecule has 4 rings (SSSR count). The molecule has 0 amide bonds. The Kier molecular flexibility index (Phi) is 15.3. The molecule has 20 atom stereocenters. The van der Waals surface area contributed by atoms with Gasteiger partial charge in [-0.1, -0.05) is 0 Å². The topological polar surface area (TPSA) is 326 Å². The summed E-state index contributed by atoms with van der Waals surface area (Å²) < 4.78 is 49.6. The van der Waals surface area contributed by atoms with E-state index in [1.807, 2.05) is 0 Å². The van der Waals surface area contributed by atoms with E-state index in [-0.39, 0.29) is 13.2 Å². The number of hydrogen-bond acceptors (Lipinski definition) is 21. The minimum absolute atomic E-state index is 0.116. The lowest BCUT2D eigenvalue weighted by Gasteiger charge is -2.47. The fraction of sp³-hybridized carbons (Fsp3) is 1.00. The summed E-state index contributed by atoms with van der Waals surface area (Å²) >= 11 is 0. The largest absolute Gasteiger partial charge is 0.394 e. The summed E-state index contributed by atoms with van der Waals surface area (Å²) in [5, 5.41) is 125. The molecule has 4 heterocycles. The highest BCUT2D eigenvalue weighted by molar-refractivity contribution is 4.97. The summed E-state index contributed by atoms with van der Waals surface area (Å²) in [5.41, 5.74) is 0. The van der Waals surface area contributed by atoms with Crippen LogP contribution in [0.2, 0.25) is 0 Å². The Bertz CT molecular complexity index is 977. The molecular formula is C28H50O21. The van der Waals surface area contributed by atoms with Crippen LogP contribution in [0.4, 0.5) is 0 Å². The van der Waals surface area contributed by atoms with Crippen LogP contribution < -0.4 is 0 Å². The predicted molar refractivity (Wildman–Crippen MR) is 153 cm³/mol. The number of ether oxygens (including phenoxy) is 9. The van der Waals surface area contributed by atoms with Gasteiger partial charge in [0.2, 0.25) is 0 Å². The Balaban J connectivity index is 1.43. The van der Waals surface area contributed by atoms with Crippen molar-refractivity contribution in [2.45, 2.75) is 137 Å². The minimum Gasteiger partial charge on any atom is -0.394 e. The molecule has 49 heavy (non-hydrogen) atoms. The third kappa shape index (κ3) is 8.87. The molecule has 0 radical (unpaired) electrons. The highest BCUT2D eigenvalue weighted by Crippen LogP contribution is 2.33. The van der Waals surface area contributed by atoms with E-state index < -0.39 is 149 Å². The van der Waals surface area contributed by atoms with Crippen LogP contribution in [-0.4, -0.2) is 224 Å². The second-order valence-electron chi connectivity index (χ2n) is 12.0. The Hall–Kier alpha value is -0.840. The molecule has 20 unspecified atom stereocenters. The van der Waals surface area contributed by atoms with Gasteiger partial charge >= 0.3 is 0 Å². The quantitative estimate of drug-likeness (QED) is 0.0792. The molecule has 21 nitrogen and oxygen atoms in total. The van der Waals surface area contributed by atoms with Crippen molar-refractivity contribution >= 4 is 0 Å². The molecule has 0 aromatic heterocycles. The molecule has 0 aromatic carbocycles. The third-order valence-electron chi connectivity index (χ3n) is 8.85. The van der Waals surface area contributed by atoms with Crippen LogP contribution in [-0.2, 0) is 42.6 Å². The monoisotopic (exact) mass is 722 g/mol. The summed E-state index contributed by atoms with van der Waals surface area (Å²) in [4.78, 5) is 0. The summed E-state index contributed by atoms with van der Waals surface area (Å²) in [6.45, 7) is 0.709. The maximum atomic E-state index is 10.9. The molecule has 4 aliphatic rings. The SMILES string of the molecule is CCOC1C(CO)OC(OC2C(COC3OC(CO)C(OC4OC(CO)C(OCC)C(O)C4O)C(O)C3O)OC(O)C(O)C2O)C(O)C1O. The van der Waals surface area contributed by atoms with Crippen molar-refractivity contribution in [3.05, 3.63) is 0 Å². The van der Waals surface area contributed by atoms with Gasteiger partial charge in [-0.05, 0) is 13.8 Å². The van der Waals surface area contributed by atoms with Gasteiger partial charge in [0.15, 0.2) is 25.2 Å². The molecule has 4 aliphatic heterocycles. The normalized spacial score (nSPS) is 49.6. The number of rotatable bonds is 14. The van der Waals surface area contributed by atoms with Crippen molar-refractivity contribution in [2.75, 3.05) is 39.6 Å². The maximum absolute atomic E-state index is 10.9. The van der Waals surface area contributed by atoms with Gasteiger partial charge in [0, 0.05) is 13.2 Å². The van der Waals surface area contributed by atoms with Gasteiger partial charge in [0.05, 0.1) is 26.4 Å². The van der Waals surface area contributed by atoms with Crippen molar-refractivity contribution in [2.24, 2.45) is 0 Å². The lowest BCUT2D eigenvalue weighted by molar-refractivity contribution is -0.373. The lowest BCUT2D eigenvalue weighted by Crippen LogP contribution is -2.66. The Morgan fingerprint density at radius 1 is 0.408 bits per heavy atom. The summed E-state index contributed by atoms with van der Waals surface area (Å²) in [6, 6.07) is 0. The average Bonchev–Trinajstić information content (AvgIpc) is 3.09. The van der Waals surface area contributed by atoms with Gasteiger partial charge < -0.3 is 104 Å². The van der Waals surface area contributed by atoms with Crippen LogP contribution in [0, 0.1) is 0 Å². The molecular weight excluding hydrogens is 672 g/mol. The average molecular weight is 723 g/mol. The molecule has 21 heteroatoms. The highest BCUT2D eigenvalue weighted by atomic mass is 16.8. The van der Waals surface area contributed by atoms with E-state index in [2.05, 4.69) is 0 Å². The zero-order chi connectivity index (χ0) is 36.2. The van der Waals surface area contributed by atoms with Crippen LogP contribution in [0.3, 0.4) is 0 Å². The van der Waals surface area contributed by atoms with E-state index in [9.17, 15) is 61.3 Å². The zero-order valence-electron chi connectivity index (χ0n) is 26.8. The molecule has 288 valence electrons. The summed E-state index contributed by atoms with van der Waals surface area (Å²) in [5.74, 6) is 0. The van der Waals surface area contributed by atoms with E-state index >= 15 is 0 Å². The van der Waals surface area contributed by atoms with Gasteiger partial charge in [0.1, 0.15) is 97.7 Å². The predicted octanol–water partition coefficient (Wildman–Crippen LogP) is -7.66. The molecule has 4 saturated heterocycles. The number of aliphatic hydroxyl groups is 12. The summed E-state index contributed by atoms with van der Waals surface area (Å²) in [7, 11) is 0. The molecule has 0 saturated carbocycles. The standard InChI is InChI=1S/C28H50O21/c1-3-41-21-9(5-29)46-27(19(38)14(21)33)48-23-11(7-31)45-26(18(37)16(23)35)43-8-12-24(13(32)17(36)25(40)44-12)49-28-20(39)15(34)22(42-4-2)10(6-30)47-28/h9-40H,3-8H2,1-2H3. The van der Waals surface area contributed by atoms with Gasteiger partial charge in [0.25, 0.3) is 0 Å². The Labute approximate surface area is 280 Å². The van der Waals surface area contributed by atoms with Gasteiger partial charge in [-0.3, -0.25) is 0 Å². The first-order valence-electron chi connectivity index (χ1n) is 16.1. The van der Waals surface area contributed by atoms with E-state index in [4.69, 9.17) is 42.6 Å². The Morgan fingerprint density at radius 3 is 1.22 bits per heavy atom. The first kappa shape index (κ1) is 40.9. The van der Waals surface area contributed by atoms with Crippen molar-refractivity contribution in [1.29, 1.82) is 0 Å².